The second-order valence-corrected chi connectivity index (χ2v) is 6.57. The SMILES string of the molecule is CCOc1ccc(C(=O)OCC(=O)N2Cc3ccccc3C[C@H]2C(=O)OC)cc1. The fourth-order valence-electron chi connectivity index (χ4n) is 3.28. The summed E-state index contributed by atoms with van der Waals surface area (Å²) < 4.78 is 15.4. The van der Waals surface area contributed by atoms with Crippen LogP contribution in [0.25, 0.3) is 0 Å². The van der Waals surface area contributed by atoms with Crippen LogP contribution in [0.3, 0.4) is 0 Å². The molecule has 152 valence electrons. The Morgan fingerprint density at radius 3 is 2.38 bits per heavy atom. The molecule has 29 heavy (non-hydrogen) atoms. The van der Waals surface area contributed by atoms with E-state index in [2.05, 4.69) is 0 Å². The van der Waals surface area contributed by atoms with Gasteiger partial charge >= 0.3 is 11.9 Å². The molecule has 1 aliphatic rings. The van der Waals surface area contributed by atoms with Gasteiger partial charge in [-0.25, -0.2) is 9.59 Å². The topological polar surface area (TPSA) is 82.1 Å². The minimum absolute atomic E-state index is 0.259. The Hall–Kier alpha value is -3.35. The summed E-state index contributed by atoms with van der Waals surface area (Å²) in [5.41, 5.74) is 2.27. The highest BCUT2D eigenvalue weighted by Crippen LogP contribution is 2.24. The summed E-state index contributed by atoms with van der Waals surface area (Å²) >= 11 is 0. The number of benzene rings is 2. The van der Waals surface area contributed by atoms with Crippen LogP contribution < -0.4 is 4.74 Å². The number of carbonyl (C=O) groups excluding carboxylic acids is 3. The van der Waals surface area contributed by atoms with Crippen LogP contribution in [0.1, 0.15) is 28.4 Å². The van der Waals surface area contributed by atoms with E-state index in [9.17, 15) is 14.4 Å². The number of rotatable bonds is 6. The number of nitrogens with zero attached hydrogens (tertiary/aromatic N) is 1. The first-order valence-corrected chi connectivity index (χ1v) is 9.37. The fourth-order valence-corrected chi connectivity index (χ4v) is 3.28. The number of ether oxygens (including phenoxy) is 3. The highest BCUT2D eigenvalue weighted by Gasteiger charge is 2.35. The molecule has 0 bridgehead atoms. The van der Waals surface area contributed by atoms with Crippen molar-refractivity contribution in [2.24, 2.45) is 0 Å². The molecule has 2 aromatic rings. The van der Waals surface area contributed by atoms with Crippen molar-refractivity contribution in [1.82, 2.24) is 4.90 Å². The average Bonchev–Trinajstić information content (AvgIpc) is 2.76. The molecule has 0 radical (unpaired) electrons. The highest BCUT2D eigenvalue weighted by atomic mass is 16.5. The maximum absolute atomic E-state index is 12.7. The molecule has 1 amide bonds. The molecule has 0 aliphatic carbocycles. The fraction of sp³-hybridized carbons (Fsp3) is 0.318. The molecule has 3 rings (SSSR count). The zero-order valence-corrected chi connectivity index (χ0v) is 16.4. The van der Waals surface area contributed by atoms with Gasteiger partial charge in [-0.3, -0.25) is 4.79 Å². The van der Waals surface area contributed by atoms with E-state index < -0.39 is 30.5 Å². The predicted octanol–water partition coefficient (Wildman–Crippen LogP) is 2.37. The van der Waals surface area contributed by atoms with Crippen LogP contribution in [-0.4, -0.2) is 49.1 Å². The highest BCUT2D eigenvalue weighted by molar-refractivity contribution is 5.92. The molecule has 1 atom stereocenters. The van der Waals surface area contributed by atoms with E-state index in [0.717, 1.165) is 11.1 Å². The molecule has 1 aliphatic heterocycles. The molecule has 0 saturated carbocycles. The molecule has 0 saturated heterocycles. The van der Waals surface area contributed by atoms with Crippen molar-refractivity contribution in [3.05, 3.63) is 65.2 Å². The molecule has 0 N–H and O–H groups in total. The van der Waals surface area contributed by atoms with Gasteiger partial charge in [0.15, 0.2) is 6.61 Å². The molecular weight excluding hydrogens is 374 g/mol. The largest absolute Gasteiger partial charge is 0.494 e. The zero-order valence-electron chi connectivity index (χ0n) is 16.4. The summed E-state index contributed by atoms with van der Waals surface area (Å²) in [5, 5.41) is 0. The van der Waals surface area contributed by atoms with Gasteiger partial charge in [-0.15, -0.1) is 0 Å². The van der Waals surface area contributed by atoms with Gasteiger partial charge in [-0.2, -0.15) is 0 Å². The third-order valence-corrected chi connectivity index (χ3v) is 4.77. The Balaban J connectivity index is 1.66. The van der Waals surface area contributed by atoms with E-state index in [4.69, 9.17) is 14.2 Å². The summed E-state index contributed by atoms with van der Waals surface area (Å²) in [4.78, 5) is 38.6. The van der Waals surface area contributed by atoms with Crippen molar-refractivity contribution in [1.29, 1.82) is 0 Å². The Morgan fingerprint density at radius 2 is 1.72 bits per heavy atom. The van der Waals surface area contributed by atoms with E-state index >= 15 is 0 Å². The predicted molar refractivity (Wildman–Crippen MR) is 104 cm³/mol. The van der Waals surface area contributed by atoms with Gasteiger partial charge in [-0.05, 0) is 42.3 Å². The number of esters is 2. The number of fused-ring (bicyclic) bond motifs is 1. The average molecular weight is 397 g/mol. The lowest BCUT2D eigenvalue weighted by Gasteiger charge is -2.35. The first-order valence-electron chi connectivity index (χ1n) is 9.37. The van der Waals surface area contributed by atoms with E-state index in [0.29, 0.717) is 24.3 Å². The van der Waals surface area contributed by atoms with E-state index in [-0.39, 0.29) is 6.54 Å². The van der Waals surface area contributed by atoms with Crippen LogP contribution in [0.15, 0.2) is 48.5 Å². The number of amides is 1. The number of methoxy groups -OCH3 is 1. The summed E-state index contributed by atoms with van der Waals surface area (Å²) in [7, 11) is 1.29. The first kappa shape index (κ1) is 20.4. The Kier molecular flexibility index (Phi) is 6.49. The third kappa shape index (κ3) is 4.74. The van der Waals surface area contributed by atoms with E-state index in [1.807, 2.05) is 31.2 Å². The summed E-state index contributed by atoms with van der Waals surface area (Å²) in [6.45, 7) is 2.20. The molecule has 0 aromatic heterocycles. The van der Waals surface area contributed by atoms with Gasteiger partial charge in [0.2, 0.25) is 0 Å². The van der Waals surface area contributed by atoms with Crippen LogP contribution in [0, 0.1) is 0 Å². The van der Waals surface area contributed by atoms with Gasteiger partial charge in [0.05, 0.1) is 19.3 Å². The smallest absolute Gasteiger partial charge is 0.338 e. The quantitative estimate of drug-likeness (QED) is 0.696. The minimum atomic E-state index is -0.744. The Morgan fingerprint density at radius 1 is 1.03 bits per heavy atom. The minimum Gasteiger partial charge on any atom is -0.494 e. The van der Waals surface area contributed by atoms with Crippen LogP contribution in [0.5, 0.6) is 5.75 Å². The van der Waals surface area contributed by atoms with Crippen molar-refractivity contribution in [2.45, 2.75) is 25.9 Å². The van der Waals surface area contributed by atoms with Crippen LogP contribution in [0.2, 0.25) is 0 Å². The normalized spacial score (nSPS) is 15.2. The Bertz CT molecular complexity index is 892. The number of hydrogen-bond donors (Lipinski definition) is 0. The number of hydrogen-bond acceptors (Lipinski definition) is 6. The van der Waals surface area contributed by atoms with E-state index in [1.54, 1.807) is 24.3 Å². The molecular formula is C22H23NO6. The van der Waals surface area contributed by atoms with Gasteiger partial charge in [-0.1, -0.05) is 24.3 Å². The van der Waals surface area contributed by atoms with Crippen LogP contribution >= 0.6 is 0 Å². The van der Waals surface area contributed by atoms with Gasteiger partial charge in [0.25, 0.3) is 5.91 Å². The van der Waals surface area contributed by atoms with Crippen LogP contribution in [0.4, 0.5) is 0 Å². The lowest BCUT2D eigenvalue weighted by atomic mass is 9.94. The second kappa shape index (κ2) is 9.23. The first-order chi connectivity index (χ1) is 14.0. The molecule has 7 nitrogen and oxygen atoms in total. The van der Waals surface area contributed by atoms with Crippen molar-refractivity contribution in [3.8, 4) is 5.75 Å². The van der Waals surface area contributed by atoms with Gasteiger partial charge in [0.1, 0.15) is 11.8 Å². The monoisotopic (exact) mass is 397 g/mol. The Labute approximate surface area is 169 Å². The molecule has 7 heteroatoms. The summed E-state index contributed by atoms with van der Waals surface area (Å²) in [6, 6.07) is 13.3. The molecule has 0 spiro atoms. The lowest BCUT2D eigenvalue weighted by Crippen LogP contribution is -2.50. The van der Waals surface area contributed by atoms with Crippen molar-refractivity contribution in [2.75, 3.05) is 20.3 Å². The molecule has 1 heterocycles. The standard InChI is InChI=1S/C22H23NO6/c1-3-28-18-10-8-15(9-11-18)21(25)29-14-20(24)23-13-17-7-5-4-6-16(17)12-19(23)22(26)27-2/h4-11,19H,3,12-14H2,1-2H3/t19-/m0/s1. The number of carbonyl (C=O) groups is 3. The summed E-state index contributed by atoms with van der Waals surface area (Å²) in [5.74, 6) is -0.915. The summed E-state index contributed by atoms with van der Waals surface area (Å²) in [6.07, 6.45) is 0.363. The molecule has 0 fully saturated rings. The molecule has 0 unspecified atom stereocenters. The van der Waals surface area contributed by atoms with Crippen molar-refractivity contribution >= 4 is 17.8 Å². The van der Waals surface area contributed by atoms with Gasteiger partial charge in [0, 0.05) is 13.0 Å². The zero-order chi connectivity index (χ0) is 20.8. The maximum Gasteiger partial charge on any atom is 0.338 e. The third-order valence-electron chi connectivity index (χ3n) is 4.77. The van der Waals surface area contributed by atoms with Crippen molar-refractivity contribution in [3.63, 3.8) is 0 Å². The lowest BCUT2D eigenvalue weighted by molar-refractivity contribution is -0.155. The van der Waals surface area contributed by atoms with Crippen LogP contribution in [-0.2, 0) is 32.0 Å². The molecule has 2 aromatic carbocycles. The van der Waals surface area contributed by atoms with E-state index in [1.165, 1.54) is 12.0 Å². The second-order valence-electron chi connectivity index (χ2n) is 6.57. The van der Waals surface area contributed by atoms with Crippen molar-refractivity contribution < 1.29 is 28.6 Å². The van der Waals surface area contributed by atoms with Gasteiger partial charge < -0.3 is 19.1 Å². The maximum atomic E-state index is 12.7.